The van der Waals surface area contributed by atoms with E-state index in [0.29, 0.717) is 15.7 Å². The third-order valence-electron chi connectivity index (χ3n) is 2.57. The Hall–Kier alpha value is -1.19. The van der Waals surface area contributed by atoms with E-state index >= 15 is 0 Å². The summed E-state index contributed by atoms with van der Waals surface area (Å²) in [6.07, 6.45) is 1.56. The highest BCUT2D eigenvalue weighted by molar-refractivity contribution is 6.47. The molecule has 1 N–H and O–H groups in total. The zero-order valence-electron chi connectivity index (χ0n) is 10.5. The Bertz CT molecular complexity index is 698. The van der Waals surface area contributed by atoms with Crippen LogP contribution in [0.25, 0.3) is 6.08 Å². The van der Waals surface area contributed by atoms with E-state index in [1.807, 2.05) is 30.3 Å². The first-order chi connectivity index (χ1) is 9.97. The molecule has 1 amide bonds. The van der Waals surface area contributed by atoms with Gasteiger partial charge in [0.15, 0.2) is 0 Å². The molecule has 21 heavy (non-hydrogen) atoms. The maximum absolute atomic E-state index is 12.0. The van der Waals surface area contributed by atoms with Crippen molar-refractivity contribution in [1.82, 2.24) is 0 Å². The molecule has 0 bridgehead atoms. The van der Waals surface area contributed by atoms with E-state index in [1.165, 1.54) is 12.1 Å². The Kier molecular flexibility index (Phi) is 5.54. The van der Waals surface area contributed by atoms with Crippen molar-refractivity contribution in [1.29, 1.82) is 0 Å². The van der Waals surface area contributed by atoms with Crippen LogP contribution in [-0.2, 0) is 4.79 Å². The highest BCUT2D eigenvalue weighted by Gasteiger charge is 2.12. The summed E-state index contributed by atoms with van der Waals surface area (Å²) in [7, 11) is 0. The standard InChI is InChI=1S/C15H9Cl4NO/c16-10-7-12(18)14(8-11(10)17)20-15(21)13(19)6-9-4-2-1-3-5-9/h1-8H,(H,20,21). The second-order valence-corrected chi connectivity index (χ2v) is 5.73. The Morgan fingerprint density at radius 3 is 2.24 bits per heavy atom. The van der Waals surface area contributed by atoms with Gasteiger partial charge in [0.2, 0.25) is 0 Å². The number of nitrogens with one attached hydrogen (secondary N) is 1. The maximum atomic E-state index is 12.0. The average Bonchev–Trinajstić information content (AvgIpc) is 2.45. The molecule has 0 spiro atoms. The molecule has 0 aliphatic heterocycles. The minimum Gasteiger partial charge on any atom is -0.320 e. The lowest BCUT2D eigenvalue weighted by atomic mass is 10.2. The number of anilines is 1. The molecule has 0 radical (unpaired) electrons. The van der Waals surface area contributed by atoms with Gasteiger partial charge in [-0.05, 0) is 23.8 Å². The van der Waals surface area contributed by atoms with Gasteiger partial charge in [-0.1, -0.05) is 76.7 Å². The SMILES string of the molecule is O=C(Nc1cc(Cl)c(Cl)cc1Cl)C(Cl)=Cc1ccccc1. The van der Waals surface area contributed by atoms with E-state index in [1.54, 1.807) is 6.08 Å². The summed E-state index contributed by atoms with van der Waals surface area (Å²) in [5.74, 6) is -0.485. The van der Waals surface area contributed by atoms with Crippen molar-refractivity contribution in [3.05, 3.63) is 68.1 Å². The topological polar surface area (TPSA) is 29.1 Å². The molecule has 0 fully saturated rings. The van der Waals surface area contributed by atoms with Crippen LogP contribution in [0.4, 0.5) is 5.69 Å². The van der Waals surface area contributed by atoms with Crippen LogP contribution < -0.4 is 5.32 Å². The van der Waals surface area contributed by atoms with Gasteiger partial charge in [-0.25, -0.2) is 0 Å². The van der Waals surface area contributed by atoms with Gasteiger partial charge in [0, 0.05) is 0 Å². The Morgan fingerprint density at radius 1 is 0.952 bits per heavy atom. The smallest absolute Gasteiger partial charge is 0.267 e. The number of benzene rings is 2. The molecule has 0 unspecified atom stereocenters. The van der Waals surface area contributed by atoms with Gasteiger partial charge in [0.05, 0.1) is 20.8 Å². The highest BCUT2D eigenvalue weighted by atomic mass is 35.5. The molecule has 0 saturated heterocycles. The predicted octanol–water partition coefficient (Wildman–Crippen LogP) is 5.87. The molecular formula is C15H9Cl4NO. The highest BCUT2D eigenvalue weighted by Crippen LogP contribution is 2.32. The number of amides is 1. The lowest BCUT2D eigenvalue weighted by Crippen LogP contribution is -2.11. The van der Waals surface area contributed by atoms with Gasteiger partial charge in [0.1, 0.15) is 5.03 Å². The minimum absolute atomic E-state index is 0.0309. The third-order valence-corrected chi connectivity index (χ3v) is 3.88. The van der Waals surface area contributed by atoms with Crippen molar-refractivity contribution in [2.45, 2.75) is 0 Å². The normalized spacial score (nSPS) is 11.3. The molecule has 2 aromatic rings. The summed E-state index contributed by atoms with van der Waals surface area (Å²) in [5.41, 5.74) is 1.16. The van der Waals surface area contributed by atoms with Gasteiger partial charge in [-0.2, -0.15) is 0 Å². The van der Waals surface area contributed by atoms with Crippen LogP contribution >= 0.6 is 46.4 Å². The fourth-order valence-corrected chi connectivity index (χ4v) is 2.33. The van der Waals surface area contributed by atoms with Crippen LogP contribution in [0.3, 0.4) is 0 Å². The van der Waals surface area contributed by atoms with Crippen LogP contribution in [0.15, 0.2) is 47.5 Å². The van der Waals surface area contributed by atoms with Crippen molar-refractivity contribution in [2.75, 3.05) is 5.32 Å². The van der Waals surface area contributed by atoms with Gasteiger partial charge >= 0.3 is 0 Å². The zero-order valence-corrected chi connectivity index (χ0v) is 13.6. The van der Waals surface area contributed by atoms with Gasteiger partial charge in [-0.15, -0.1) is 0 Å². The van der Waals surface area contributed by atoms with E-state index in [2.05, 4.69) is 5.32 Å². The second kappa shape index (κ2) is 7.19. The quantitative estimate of drug-likeness (QED) is 0.538. The third kappa shape index (κ3) is 4.39. The number of hydrogen-bond acceptors (Lipinski definition) is 1. The Morgan fingerprint density at radius 2 is 1.57 bits per heavy atom. The van der Waals surface area contributed by atoms with Gasteiger partial charge < -0.3 is 5.32 Å². The van der Waals surface area contributed by atoms with Crippen molar-refractivity contribution in [3.8, 4) is 0 Å². The van der Waals surface area contributed by atoms with Crippen LogP contribution in [0.5, 0.6) is 0 Å². The van der Waals surface area contributed by atoms with Crippen molar-refractivity contribution in [3.63, 3.8) is 0 Å². The summed E-state index contributed by atoms with van der Waals surface area (Å²) in [6, 6.07) is 12.2. The van der Waals surface area contributed by atoms with Crippen molar-refractivity contribution >= 4 is 64.1 Å². The fraction of sp³-hybridized carbons (Fsp3) is 0. The predicted molar refractivity (Wildman–Crippen MR) is 90.4 cm³/mol. The number of rotatable bonds is 3. The molecule has 2 aromatic carbocycles. The fourth-order valence-electron chi connectivity index (χ4n) is 1.56. The molecule has 6 heteroatoms. The number of carbonyl (C=O) groups is 1. The minimum atomic E-state index is -0.485. The van der Waals surface area contributed by atoms with E-state index < -0.39 is 5.91 Å². The van der Waals surface area contributed by atoms with Crippen molar-refractivity contribution < 1.29 is 4.79 Å². The molecule has 108 valence electrons. The van der Waals surface area contributed by atoms with E-state index in [0.717, 1.165) is 5.56 Å². The molecule has 0 atom stereocenters. The molecular weight excluding hydrogens is 352 g/mol. The molecule has 0 aliphatic rings. The maximum Gasteiger partial charge on any atom is 0.267 e. The summed E-state index contributed by atoms with van der Waals surface area (Å²) in [5, 5.41) is 3.50. The van der Waals surface area contributed by atoms with Crippen LogP contribution in [-0.4, -0.2) is 5.91 Å². The Balaban J connectivity index is 2.18. The number of hydrogen-bond donors (Lipinski definition) is 1. The first-order valence-corrected chi connectivity index (χ1v) is 7.36. The van der Waals surface area contributed by atoms with E-state index in [9.17, 15) is 4.79 Å². The lowest BCUT2D eigenvalue weighted by Gasteiger charge is -2.08. The van der Waals surface area contributed by atoms with Crippen LogP contribution in [0.2, 0.25) is 15.1 Å². The summed E-state index contributed by atoms with van der Waals surface area (Å²) < 4.78 is 0. The van der Waals surface area contributed by atoms with Gasteiger partial charge in [0.25, 0.3) is 5.91 Å². The monoisotopic (exact) mass is 359 g/mol. The van der Waals surface area contributed by atoms with E-state index in [4.69, 9.17) is 46.4 Å². The molecule has 0 aliphatic carbocycles. The summed E-state index contributed by atoms with van der Waals surface area (Å²) in [4.78, 5) is 12.0. The first-order valence-electron chi connectivity index (χ1n) is 5.85. The van der Waals surface area contributed by atoms with Gasteiger partial charge in [-0.3, -0.25) is 4.79 Å². The zero-order chi connectivity index (χ0) is 15.4. The van der Waals surface area contributed by atoms with Crippen molar-refractivity contribution in [2.24, 2.45) is 0 Å². The summed E-state index contributed by atoms with van der Waals surface area (Å²) in [6.45, 7) is 0. The second-order valence-electron chi connectivity index (χ2n) is 4.10. The van der Waals surface area contributed by atoms with Crippen LogP contribution in [0.1, 0.15) is 5.56 Å². The van der Waals surface area contributed by atoms with E-state index in [-0.39, 0.29) is 10.1 Å². The molecule has 2 nitrogen and oxygen atoms in total. The average molecular weight is 361 g/mol. The largest absolute Gasteiger partial charge is 0.320 e. The molecule has 2 rings (SSSR count). The molecule has 0 saturated carbocycles. The number of carbonyl (C=O) groups excluding carboxylic acids is 1. The number of halogens is 4. The Labute approximate surface area is 142 Å². The van der Waals surface area contributed by atoms with Crippen LogP contribution in [0, 0.1) is 0 Å². The molecule has 0 aromatic heterocycles. The lowest BCUT2D eigenvalue weighted by molar-refractivity contribution is -0.112. The summed E-state index contributed by atoms with van der Waals surface area (Å²) >= 11 is 23.7. The molecule has 0 heterocycles. The first kappa shape index (κ1) is 16.2.